The van der Waals surface area contributed by atoms with Gasteiger partial charge >= 0.3 is 0 Å². The fraction of sp³-hybridized carbons (Fsp3) is 0.409. The summed E-state index contributed by atoms with van der Waals surface area (Å²) >= 11 is 1.61. The highest BCUT2D eigenvalue weighted by atomic mass is 32.1. The van der Waals surface area contributed by atoms with Crippen LogP contribution in [0, 0.1) is 0 Å². The first-order chi connectivity index (χ1) is 13.3. The van der Waals surface area contributed by atoms with E-state index in [0.29, 0.717) is 6.04 Å². The normalized spacial score (nSPS) is 20.3. The minimum absolute atomic E-state index is 0.324. The average Bonchev–Trinajstić information content (AvgIpc) is 3.29. The Morgan fingerprint density at radius 3 is 2.70 bits per heavy atom. The molecule has 0 bridgehead atoms. The van der Waals surface area contributed by atoms with Crippen LogP contribution < -0.4 is 10.6 Å². The largest absolute Gasteiger partial charge is 0.353 e. The highest BCUT2D eigenvalue weighted by Crippen LogP contribution is 2.30. The molecule has 0 amide bonds. The first-order valence-electron chi connectivity index (χ1n) is 9.94. The lowest BCUT2D eigenvalue weighted by Gasteiger charge is -2.35. The second-order valence-electron chi connectivity index (χ2n) is 7.85. The summed E-state index contributed by atoms with van der Waals surface area (Å²) in [7, 11) is 0. The van der Waals surface area contributed by atoms with Crippen molar-refractivity contribution < 1.29 is 0 Å². The van der Waals surface area contributed by atoms with E-state index in [0.717, 1.165) is 52.0 Å². The number of fused-ring (bicyclic) bond motifs is 2. The van der Waals surface area contributed by atoms with E-state index < -0.39 is 0 Å². The van der Waals surface area contributed by atoms with Crippen LogP contribution in [0.4, 0.5) is 5.82 Å². The summed E-state index contributed by atoms with van der Waals surface area (Å²) in [5.41, 5.74) is 10.5. The lowest BCUT2D eigenvalue weighted by Crippen LogP contribution is -2.47. The Bertz CT molecular complexity index is 942. The van der Waals surface area contributed by atoms with Crippen LogP contribution in [0.1, 0.15) is 16.7 Å². The SMILES string of the molecule is NC1Cc2ccc(CCN3CCN(c4nsc5ccccc45)CC3)cc2C1. The summed E-state index contributed by atoms with van der Waals surface area (Å²) in [4.78, 5) is 5.04. The van der Waals surface area contributed by atoms with Gasteiger partial charge in [0.2, 0.25) is 0 Å². The maximum absolute atomic E-state index is 6.10. The molecule has 5 rings (SSSR count). The van der Waals surface area contributed by atoms with Crippen LogP contribution in [-0.2, 0) is 19.3 Å². The van der Waals surface area contributed by atoms with E-state index in [-0.39, 0.29) is 0 Å². The molecule has 0 saturated carbocycles. The maximum Gasteiger partial charge on any atom is 0.150 e. The Morgan fingerprint density at radius 1 is 1.00 bits per heavy atom. The summed E-state index contributed by atoms with van der Waals surface area (Å²) in [5.74, 6) is 1.17. The summed E-state index contributed by atoms with van der Waals surface area (Å²) in [6, 6.07) is 15.9. The Balaban J connectivity index is 1.17. The summed E-state index contributed by atoms with van der Waals surface area (Å²) < 4.78 is 6.00. The molecule has 1 aliphatic heterocycles. The molecule has 0 radical (unpaired) electrons. The lowest BCUT2D eigenvalue weighted by atomic mass is 10.0. The quantitative estimate of drug-likeness (QED) is 0.758. The monoisotopic (exact) mass is 378 g/mol. The van der Waals surface area contributed by atoms with Gasteiger partial charge < -0.3 is 10.6 Å². The van der Waals surface area contributed by atoms with E-state index in [9.17, 15) is 0 Å². The third kappa shape index (κ3) is 3.47. The fourth-order valence-electron chi connectivity index (χ4n) is 4.43. The van der Waals surface area contributed by atoms with Crippen LogP contribution in [-0.4, -0.2) is 48.0 Å². The van der Waals surface area contributed by atoms with E-state index in [1.54, 1.807) is 11.5 Å². The van der Waals surface area contributed by atoms with Crippen molar-refractivity contribution in [2.24, 2.45) is 5.73 Å². The fourth-order valence-corrected chi connectivity index (χ4v) is 5.23. The predicted molar refractivity (Wildman–Crippen MR) is 114 cm³/mol. The van der Waals surface area contributed by atoms with Gasteiger partial charge in [-0.1, -0.05) is 30.3 Å². The van der Waals surface area contributed by atoms with Crippen LogP contribution >= 0.6 is 11.5 Å². The van der Waals surface area contributed by atoms with Gasteiger partial charge in [0.1, 0.15) is 5.82 Å². The molecule has 140 valence electrons. The van der Waals surface area contributed by atoms with Gasteiger partial charge in [-0.3, -0.25) is 4.90 Å². The van der Waals surface area contributed by atoms with Crippen LogP contribution in [0.3, 0.4) is 0 Å². The molecular weight excluding hydrogens is 352 g/mol. The van der Waals surface area contributed by atoms with Crippen molar-refractivity contribution >= 4 is 27.4 Å². The van der Waals surface area contributed by atoms with E-state index in [4.69, 9.17) is 10.1 Å². The predicted octanol–water partition coefficient (Wildman–Crippen LogP) is 3.09. The molecule has 2 N–H and O–H groups in total. The molecule has 3 aromatic rings. The Morgan fingerprint density at radius 2 is 1.81 bits per heavy atom. The molecule has 5 heteroatoms. The smallest absolute Gasteiger partial charge is 0.150 e. The molecule has 4 nitrogen and oxygen atoms in total. The van der Waals surface area contributed by atoms with Gasteiger partial charge in [-0.05, 0) is 59.6 Å². The van der Waals surface area contributed by atoms with Crippen LogP contribution in [0.5, 0.6) is 0 Å². The number of aromatic nitrogens is 1. The molecule has 1 atom stereocenters. The van der Waals surface area contributed by atoms with Gasteiger partial charge in [0, 0.05) is 44.2 Å². The molecule has 2 heterocycles. The van der Waals surface area contributed by atoms with Gasteiger partial charge in [-0.25, -0.2) is 0 Å². The highest BCUT2D eigenvalue weighted by Gasteiger charge is 2.21. The van der Waals surface area contributed by atoms with Crippen molar-refractivity contribution in [3.63, 3.8) is 0 Å². The van der Waals surface area contributed by atoms with Crippen LogP contribution in [0.15, 0.2) is 42.5 Å². The van der Waals surface area contributed by atoms with Gasteiger partial charge in [0.05, 0.1) is 4.70 Å². The van der Waals surface area contributed by atoms with E-state index in [1.165, 1.54) is 32.6 Å². The Hall–Kier alpha value is -1.95. The lowest BCUT2D eigenvalue weighted by molar-refractivity contribution is 0.260. The van der Waals surface area contributed by atoms with Gasteiger partial charge in [0.15, 0.2) is 0 Å². The zero-order chi connectivity index (χ0) is 18.2. The van der Waals surface area contributed by atoms with Crippen molar-refractivity contribution in [1.82, 2.24) is 9.27 Å². The van der Waals surface area contributed by atoms with Crippen molar-refractivity contribution in [3.05, 3.63) is 59.2 Å². The van der Waals surface area contributed by atoms with Crippen LogP contribution in [0.2, 0.25) is 0 Å². The number of nitrogens with two attached hydrogens (primary N) is 1. The van der Waals surface area contributed by atoms with Crippen molar-refractivity contribution in [1.29, 1.82) is 0 Å². The number of rotatable bonds is 4. The summed E-state index contributed by atoms with van der Waals surface area (Å²) in [6.45, 7) is 5.49. The zero-order valence-electron chi connectivity index (χ0n) is 15.6. The maximum atomic E-state index is 6.10. The third-order valence-corrected chi connectivity index (χ3v) is 6.80. The topological polar surface area (TPSA) is 45.4 Å². The first-order valence-corrected chi connectivity index (χ1v) is 10.7. The average molecular weight is 379 g/mol. The van der Waals surface area contributed by atoms with Gasteiger partial charge in [-0.15, -0.1) is 0 Å². The van der Waals surface area contributed by atoms with Crippen molar-refractivity contribution in [2.45, 2.75) is 25.3 Å². The number of hydrogen-bond donors (Lipinski definition) is 1. The molecule has 2 aromatic carbocycles. The molecule has 0 spiro atoms. The van der Waals surface area contributed by atoms with E-state index in [2.05, 4.69) is 52.3 Å². The minimum atomic E-state index is 0.324. The number of benzene rings is 2. The van der Waals surface area contributed by atoms with Crippen LogP contribution in [0.25, 0.3) is 10.1 Å². The van der Waals surface area contributed by atoms with Gasteiger partial charge in [0.25, 0.3) is 0 Å². The second kappa shape index (κ2) is 7.23. The Labute approximate surface area is 164 Å². The number of anilines is 1. The molecule has 2 aliphatic rings. The Kier molecular flexibility index (Phi) is 4.60. The van der Waals surface area contributed by atoms with Crippen molar-refractivity contribution in [2.75, 3.05) is 37.6 Å². The summed E-state index contributed by atoms with van der Waals surface area (Å²) in [6.07, 6.45) is 3.22. The molecule has 1 aromatic heterocycles. The van der Waals surface area contributed by atoms with Crippen molar-refractivity contribution in [3.8, 4) is 0 Å². The molecule has 1 fully saturated rings. The number of nitrogens with zero attached hydrogens (tertiary/aromatic N) is 3. The highest BCUT2D eigenvalue weighted by molar-refractivity contribution is 7.13. The van der Waals surface area contributed by atoms with Gasteiger partial charge in [-0.2, -0.15) is 4.37 Å². The molecular formula is C22H26N4S. The molecule has 27 heavy (non-hydrogen) atoms. The standard InChI is InChI=1S/C22H26N4S/c23-19-14-17-6-5-16(13-18(17)15-19)7-8-25-9-11-26(12-10-25)22-20-3-1-2-4-21(20)27-24-22/h1-6,13,19H,7-12,14-15,23H2. The molecule has 1 unspecified atom stereocenters. The number of piperazine rings is 1. The second-order valence-corrected chi connectivity index (χ2v) is 8.66. The third-order valence-electron chi connectivity index (χ3n) is 5.98. The van der Waals surface area contributed by atoms with E-state index >= 15 is 0 Å². The first kappa shape index (κ1) is 17.2. The summed E-state index contributed by atoms with van der Waals surface area (Å²) in [5, 5.41) is 1.30. The molecule has 1 saturated heterocycles. The van der Waals surface area contributed by atoms with E-state index in [1.807, 2.05) is 0 Å². The zero-order valence-corrected chi connectivity index (χ0v) is 16.4. The minimum Gasteiger partial charge on any atom is -0.353 e. The number of hydrogen-bond acceptors (Lipinski definition) is 5. The molecule has 1 aliphatic carbocycles.